The number of rotatable bonds is 6. The molecule has 0 fully saturated rings. The van der Waals surface area contributed by atoms with Gasteiger partial charge in [0.1, 0.15) is 0 Å². The van der Waals surface area contributed by atoms with E-state index < -0.39 is 7.26 Å². The zero-order valence-corrected chi connectivity index (χ0v) is 16.3. The fourth-order valence-corrected chi connectivity index (χ4v) is 8.74. The second-order valence-corrected chi connectivity index (χ2v) is 10.9. The van der Waals surface area contributed by atoms with E-state index in [2.05, 4.69) is 108 Å². The van der Waals surface area contributed by atoms with E-state index in [0.29, 0.717) is 0 Å². The molecule has 0 N–H and O–H groups in total. The van der Waals surface area contributed by atoms with Gasteiger partial charge in [0.2, 0.25) is 0 Å². The van der Waals surface area contributed by atoms with E-state index in [1.165, 1.54) is 15.9 Å². The molecule has 134 valence electrons. The number of aromatic nitrogens is 1. The van der Waals surface area contributed by atoms with E-state index in [1.807, 2.05) is 12.3 Å². The van der Waals surface area contributed by atoms with Crippen LogP contribution in [-0.2, 0) is 6.42 Å². The molecule has 0 saturated heterocycles. The Kier molecular flexibility index (Phi) is 5.42. The summed E-state index contributed by atoms with van der Waals surface area (Å²) in [6.07, 6.45) is 3.97. The van der Waals surface area contributed by atoms with E-state index in [4.69, 9.17) is 0 Å². The first-order chi connectivity index (χ1) is 13.4. The Hall–Kier alpha value is -2.76. The Bertz CT molecular complexity index is 857. The van der Waals surface area contributed by atoms with E-state index in [9.17, 15) is 0 Å². The number of hydrogen-bond acceptors (Lipinski definition) is 1. The average Bonchev–Trinajstić information content (AvgIpc) is 2.77. The van der Waals surface area contributed by atoms with E-state index in [1.54, 1.807) is 0 Å². The molecule has 0 bridgehead atoms. The van der Waals surface area contributed by atoms with Crippen molar-refractivity contribution in [1.82, 2.24) is 4.98 Å². The predicted octanol–water partition coefficient (Wildman–Crippen LogP) is 4.35. The first-order valence-electron chi connectivity index (χ1n) is 9.46. The van der Waals surface area contributed by atoms with Crippen LogP contribution in [0.4, 0.5) is 0 Å². The van der Waals surface area contributed by atoms with Gasteiger partial charge in [-0.1, -0.05) is 0 Å². The van der Waals surface area contributed by atoms with Crippen molar-refractivity contribution in [2.45, 2.75) is 6.42 Å². The standard InChI is InChI=1S/C25H24NP/c1-4-13-23(14-5-1)27(24-15-6-2-7-16-24,25-17-8-3-9-18-25)21-19-22-12-10-11-20-26-22/h1-18,20,27H,19,21H2. The summed E-state index contributed by atoms with van der Waals surface area (Å²) in [5.41, 5.74) is 1.16. The molecule has 0 aliphatic heterocycles. The fourth-order valence-electron chi connectivity index (χ4n) is 3.96. The topological polar surface area (TPSA) is 12.9 Å². The molecular weight excluding hydrogens is 345 g/mol. The number of nitrogens with zero attached hydrogens (tertiary/aromatic N) is 1. The van der Waals surface area contributed by atoms with Crippen molar-refractivity contribution in [2.24, 2.45) is 0 Å². The van der Waals surface area contributed by atoms with Crippen molar-refractivity contribution >= 4 is 23.2 Å². The molecule has 0 unspecified atom stereocenters. The summed E-state index contributed by atoms with van der Waals surface area (Å²) in [4.78, 5) is 4.59. The third kappa shape index (κ3) is 3.70. The molecule has 0 amide bonds. The number of hydrogen-bond donors (Lipinski definition) is 0. The zero-order chi connectivity index (χ0) is 18.4. The molecule has 4 aromatic rings. The molecule has 0 aliphatic carbocycles. The van der Waals surface area contributed by atoms with Gasteiger partial charge in [-0.3, -0.25) is 0 Å². The SMILES string of the molecule is c1ccc([PH](CCc2ccccn2)(c2ccccc2)c2ccccc2)cc1. The van der Waals surface area contributed by atoms with Crippen LogP contribution in [-0.4, -0.2) is 11.1 Å². The Morgan fingerprint density at radius 1 is 0.519 bits per heavy atom. The second-order valence-electron chi connectivity index (χ2n) is 6.82. The van der Waals surface area contributed by atoms with Crippen LogP contribution in [0.2, 0.25) is 0 Å². The van der Waals surface area contributed by atoms with E-state index in [0.717, 1.165) is 18.3 Å². The summed E-state index contributed by atoms with van der Waals surface area (Å²) in [5.74, 6) is 0. The molecule has 1 nitrogen and oxygen atoms in total. The summed E-state index contributed by atoms with van der Waals surface area (Å²) in [7, 11) is -2.15. The van der Waals surface area contributed by atoms with Gasteiger partial charge in [0, 0.05) is 0 Å². The van der Waals surface area contributed by atoms with Crippen molar-refractivity contribution in [3.05, 3.63) is 121 Å². The van der Waals surface area contributed by atoms with Crippen LogP contribution in [0.1, 0.15) is 5.69 Å². The summed E-state index contributed by atoms with van der Waals surface area (Å²) in [5, 5.41) is 4.37. The Balaban J connectivity index is 1.89. The third-order valence-electron chi connectivity index (χ3n) is 5.28. The maximum absolute atomic E-state index is 4.59. The van der Waals surface area contributed by atoms with Crippen molar-refractivity contribution in [2.75, 3.05) is 6.16 Å². The molecular formula is C25H24NP. The van der Waals surface area contributed by atoms with Crippen molar-refractivity contribution in [3.8, 4) is 0 Å². The van der Waals surface area contributed by atoms with Crippen LogP contribution in [0.25, 0.3) is 0 Å². The molecule has 27 heavy (non-hydrogen) atoms. The summed E-state index contributed by atoms with van der Waals surface area (Å²) in [6.45, 7) is 0. The zero-order valence-electron chi connectivity index (χ0n) is 15.3. The first kappa shape index (κ1) is 17.6. The quantitative estimate of drug-likeness (QED) is 0.461. The van der Waals surface area contributed by atoms with Crippen LogP contribution in [0, 0.1) is 0 Å². The molecule has 1 heterocycles. The second kappa shape index (κ2) is 8.29. The van der Waals surface area contributed by atoms with Crippen LogP contribution in [0.15, 0.2) is 115 Å². The van der Waals surface area contributed by atoms with Crippen LogP contribution < -0.4 is 15.9 Å². The van der Waals surface area contributed by atoms with Gasteiger partial charge in [-0.05, 0) is 0 Å². The summed E-state index contributed by atoms with van der Waals surface area (Å²) in [6, 6.07) is 39.4. The molecule has 0 atom stereocenters. The van der Waals surface area contributed by atoms with E-state index >= 15 is 0 Å². The molecule has 0 saturated carbocycles. The predicted molar refractivity (Wildman–Crippen MR) is 119 cm³/mol. The molecule has 3 aromatic carbocycles. The van der Waals surface area contributed by atoms with Gasteiger partial charge in [0.05, 0.1) is 0 Å². The van der Waals surface area contributed by atoms with Crippen molar-refractivity contribution < 1.29 is 0 Å². The average molecular weight is 369 g/mol. The van der Waals surface area contributed by atoms with Gasteiger partial charge in [-0.2, -0.15) is 0 Å². The Labute approximate surface area is 162 Å². The van der Waals surface area contributed by atoms with Gasteiger partial charge in [-0.15, -0.1) is 0 Å². The number of benzene rings is 3. The van der Waals surface area contributed by atoms with Crippen molar-refractivity contribution in [1.29, 1.82) is 0 Å². The molecule has 0 spiro atoms. The molecule has 2 heteroatoms. The molecule has 4 rings (SSSR count). The van der Waals surface area contributed by atoms with Gasteiger partial charge in [-0.25, -0.2) is 0 Å². The minimum absolute atomic E-state index is 0.978. The molecule has 0 radical (unpaired) electrons. The fraction of sp³-hybridized carbons (Fsp3) is 0.0800. The van der Waals surface area contributed by atoms with Gasteiger partial charge in [0.15, 0.2) is 0 Å². The summed E-state index contributed by atoms with van der Waals surface area (Å²) < 4.78 is 0. The Morgan fingerprint density at radius 2 is 0.963 bits per heavy atom. The summed E-state index contributed by atoms with van der Waals surface area (Å²) >= 11 is 0. The minimum atomic E-state index is -2.15. The van der Waals surface area contributed by atoms with Crippen LogP contribution >= 0.6 is 7.26 Å². The number of pyridine rings is 1. The van der Waals surface area contributed by atoms with Gasteiger partial charge >= 0.3 is 162 Å². The molecule has 0 aliphatic rings. The Morgan fingerprint density at radius 3 is 1.37 bits per heavy atom. The van der Waals surface area contributed by atoms with Crippen LogP contribution in [0.5, 0.6) is 0 Å². The van der Waals surface area contributed by atoms with Crippen molar-refractivity contribution in [3.63, 3.8) is 0 Å². The van der Waals surface area contributed by atoms with Gasteiger partial charge in [0.25, 0.3) is 0 Å². The normalized spacial score (nSPS) is 11.9. The third-order valence-corrected chi connectivity index (χ3v) is 10.2. The monoisotopic (exact) mass is 369 g/mol. The van der Waals surface area contributed by atoms with Gasteiger partial charge < -0.3 is 0 Å². The first-order valence-corrected chi connectivity index (χ1v) is 11.7. The van der Waals surface area contributed by atoms with E-state index in [-0.39, 0.29) is 0 Å². The van der Waals surface area contributed by atoms with Crippen LogP contribution in [0.3, 0.4) is 0 Å². The number of aryl methyl sites for hydroxylation is 1. The molecule has 1 aromatic heterocycles. The maximum atomic E-state index is 4.59.